The Labute approximate surface area is 210 Å². The highest BCUT2D eigenvalue weighted by Gasteiger charge is 2.30. The van der Waals surface area contributed by atoms with Crippen LogP contribution in [0.15, 0.2) is 48.5 Å². The second kappa shape index (κ2) is 12.2. The summed E-state index contributed by atoms with van der Waals surface area (Å²) in [6.07, 6.45) is 1.85. The number of anilines is 1. The standard InChI is InChI=1S/C27H39N3O4S/c1-8-21(5)28-27(32)22(6)29(17-23-11-9-20(4)10-12-23)26(31)18-30(35(7,33)34)25-15-13-24(14-16-25)19(2)3/h9-16,19,21-22H,8,17-18H2,1-7H3,(H,28,32). The largest absolute Gasteiger partial charge is 0.352 e. The Morgan fingerprint density at radius 2 is 1.51 bits per heavy atom. The van der Waals surface area contributed by atoms with Gasteiger partial charge in [-0.05, 0) is 56.4 Å². The molecule has 0 aliphatic carbocycles. The molecular weight excluding hydrogens is 462 g/mol. The van der Waals surface area contributed by atoms with Crippen LogP contribution in [0.2, 0.25) is 0 Å². The van der Waals surface area contributed by atoms with Crippen molar-refractivity contribution in [3.05, 3.63) is 65.2 Å². The van der Waals surface area contributed by atoms with Crippen molar-refractivity contribution in [1.82, 2.24) is 10.2 Å². The van der Waals surface area contributed by atoms with Gasteiger partial charge >= 0.3 is 0 Å². The van der Waals surface area contributed by atoms with Gasteiger partial charge in [0.15, 0.2) is 0 Å². The maximum atomic E-state index is 13.6. The first kappa shape index (κ1) is 28.4. The van der Waals surface area contributed by atoms with Crippen LogP contribution in [-0.4, -0.2) is 50.0 Å². The highest BCUT2D eigenvalue weighted by Crippen LogP contribution is 2.23. The number of nitrogens with zero attached hydrogens (tertiary/aromatic N) is 2. The molecule has 0 aliphatic rings. The summed E-state index contributed by atoms with van der Waals surface area (Å²) < 4.78 is 26.4. The van der Waals surface area contributed by atoms with Crippen LogP contribution in [0.4, 0.5) is 5.69 Å². The number of aryl methyl sites for hydroxylation is 1. The van der Waals surface area contributed by atoms with Crippen LogP contribution in [0.5, 0.6) is 0 Å². The van der Waals surface area contributed by atoms with Crippen molar-refractivity contribution in [2.45, 2.75) is 72.5 Å². The van der Waals surface area contributed by atoms with E-state index in [4.69, 9.17) is 0 Å². The molecule has 2 aromatic carbocycles. The summed E-state index contributed by atoms with van der Waals surface area (Å²) in [5, 5.41) is 2.93. The van der Waals surface area contributed by atoms with Gasteiger partial charge in [0.2, 0.25) is 21.8 Å². The van der Waals surface area contributed by atoms with Crippen molar-refractivity contribution in [3.8, 4) is 0 Å². The lowest BCUT2D eigenvalue weighted by Crippen LogP contribution is -2.52. The molecule has 0 saturated heterocycles. The minimum atomic E-state index is -3.74. The molecular formula is C27H39N3O4S. The van der Waals surface area contributed by atoms with Gasteiger partial charge in [0.25, 0.3) is 0 Å². The van der Waals surface area contributed by atoms with Crippen LogP contribution in [-0.2, 0) is 26.2 Å². The normalized spacial score (nSPS) is 13.3. The minimum Gasteiger partial charge on any atom is -0.352 e. The van der Waals surface area contributed by atoms with Crippen molar-refractivity contribution >= 4 is 27.5 Å². The first-order chi connectivity index (χ1) is 16.3. The van der Waals surface area contributed by atoms with Crippen molar-refractivity contribution in [2.75, 3.05) is 17.1 Å². The molecule has 7 nitrogen and oxygen atoms in total. The van der Waals surface area contributed by atoms with E-state index < -0.39 is 28.5 Å². The molecule has 2 amide bonds. The van der Waals surface area contributed by atoms with E-state index in [-0.39, 0.29) is 18.5 Å². The maximum absolute atomic E-state index is 13.6. The molecule has 2 unspecified atom stereocenters. The lowest BCUT2D eigenvalue weighted by atomic mass is 10.0. The Balaban J connectivity index is 2.37. The van der Waals surface area contributed by atoms with E-state index in [0.29, 0.717) is 11.6 Å². The number of sulfonamides is 1. The SMILES string of the molecule is CCC(C)NC(=O)C(C)N(Cc1ccc(C)cc1)C(=O)CN(c1ccc(C(C)C)cc1)S(C)(=O)=O. The molecule has 0 heterocycles. The van der Waals surface area contributed by atoms with E-state index in [0.717, 1.165) is 33.7 Å². The van der Waals surface area contributed by atoms with Crippen LogP contribution in [0, 0.1) is 6.92 Å². The number of benzene rings is 2. The summed E-state index contributed by atoms with van der Waals surface area (Å²) >= 11 is 0. The van der Waals surface area contributed by atoms with Gasteiger partial charge in [-0.15, -0.1) is 0 Å². The number of hydrogen-bond donors (Lipinski definition) is 1. The van der Waals surface area contributed by atoms with E-state index in [2.05, 4.69) is 19.2 Å². The van der Waals surface area contributed by atoms with Gasteiger partial charge in [-0.2, -0.15) is 0 Å². The van der Waals surface area contributed by atoms with E-state index in [9.17, 15) is 18.0 Å². The predicted octanol–water partition coefficient (Wildman–Crippen LogP) is 4.22. The van der Waals surface area contributed by atoms with Crippen molar-refractivity contribution in [1.29, 1.82) is 0 Å². The molecule has 0 saturated carbocycles. The monoisotopic (exact) mass is 501 g/mol. The van der Waals surface area contributed by atoms with Gasteiger partial charge in [0, 0.05) is 12.6 Å². The smallest absolute Gasteiger partial charge is 0.244 e. The average Bonchev–Trinajstić information content (AvgIpc) is 2.80. The molecule has 2 rings (SSSR count). The Kier molecular flexibility index (Phi) is 9.89. The first-order valence-electron chi connectivity index (χ1n) is 12.1. The molecule has 35 heavy (non-hydrogen) atoms. The predicted molar refractivity (Wildman–Crippen MR) is 142 cm³/mol. The number of rotatable bonds is 11. The van der Waals surface area contributed by atoms with Crippen LogP contribution >= 0.6 is 0 Å². The fraction of sp³-hybridized carbons (Fsp3) is 0.481. The summed E-state index contributed by atoms with van der Waals surface area (Å²) in [4.78, 5) is 27.9. The average molecular weight is 502 g/mol. The van der Waals surface area contributed by atoms with Crippen LogP contribution in [0.25, 0.3) is 0 Å². The Morgan fingerprint density at radius 1 is 0.943 bits per heavy atom. The molecule has 0 aromatic heterocycles. The highest BCUT2D eigenvalue weighted by molar-refractivity contribution is 7.92. The van der Waals surface area contributed by atoms with Gasteiger partial charge < -0.3 is 10.2 Å². The van der Waals surface area contributed by atoms with E-state index in [1.807, 2.05) is 57.2 Å². The zero-order chi connectivity index (χ0) is 26.3. The number of hydrogen-bond acceptors (Lipinski definition) is 4. The number of carbonyl (C=O) groups is 2. The van der Waals surface area contributed by atoms with E-state index in [1.165, 1.54) is 4.90 Å². The summed E-state index contributed by atoms with van der Waals surface area (Å²) in [5.74, 6) is -0.421. The summed E-state index contributed by atoms with van der Waals surface area (Å²) in [6.45, 7) is 11.4. The summed E-state index contributed by atoms with van der Waals surface area (Å²) in [6, 6.07) is 14.1. The van der Waals surface area contributed by atoms with Gasteiger partial charge in [0.05, 0.1) is 11.9 Å². The van der Waals surface area contributed by atoms with Crippen LogP contribution < -0.4 is 9.62 Å². The molecule has 0 bridgehead atoms. The number of amides is 2. The Morgan fingerprint density at radius 3 is 2.00 bits per heavy atom. The fourth-order valence-electron chi connectivity index (χ4n) is 3.58. The van der Waals surface area contributed by atoms with Crippen LogP contribution in [0.1, 0.15) is 63.6 Å². The molecule has 1 N–H and O–H groups in total. The number of nitrogens with one attached hydrogen (secondary N) is 1. The lowest BCUT2D eigenvalue weighted by Gasteiger charge is -2.32. The Hall–Kier alpha value is -2.87. The topological polar surface area (TPSA) is 86.8 Å². The third-order valence-corrected chi connectivity index (χ3v) is 7.31. The van der Waals surface area contributed by atoms with Crippen LogP contribution in [0.3, 0.4) is 0 Å². The van der Waals surface area contributed by atoms with Gasteiger partial charge in [-0.3, -0.25) is 13.9 Å². The third kappa shape index (κ3) is 8.09. The second-order valence-corrected chi connectivity index (χ2v) is 11.4. The zero-order valence-corrected chi connectivity index (χ0v) is 22.7. The quantitative estimate of drug-likeness (QED) is 0.500. The fourth-order valence-corrected chi connectivity index (χ4v) is 4.43. The molecule has 0 fully saturated rings. The van der Waals surface area contributed by atoms with Crippen molar-refractivity contribution in [3.63, 3.8) is 0 Å². The second-order valence-electron chi connectivity index (χ2n) is 9.52. The zero-order valence-electron chi connectivity index (χ0n) is 21.9. The summed E-state index contributed by atoms with van der Waals surface area (Å²) in [5.41, 5.74) is 3.43. The van der Waals surface area contributed by atoms with E-state index >= 15 is 0 Å². The van der Waals surface area contributed by atoms with E-state index in [1.54, 1.807) is 19.1 Å². The van der Waals surface area contributed by atoms with Crippen molar-refractivity contribution < 1.29 is 18.0 Å². The molecule has 2 atom stereocenters. The first-order valence-corrected chi connectivity index (χ1v) is 13.9. The molecule has 2 aromatic rings. The maximum Gasteiger partial charge on any atom is 0.244 e. The van der Waals surface area contributed by atoms with Gasteiger partial charge in [-0.1, -0.05) is 62.7 Å². The minimum absolute atomic E-state index is 0.0340. The lowest BCUT2D eigenvalue weighted by molar-refractivity contribution is -0.139. The van der Waals surface area contributed by atoms with Gasteiger partial charge in [0.1, 0.15) is 12.6 Å². The molecule has 0 aliphatic heterocycles. The highest BCUT2D eigenvalue weighted by atomic mass is 32.2. The Bertz CT molecular complexity index is 1100. The molecule has 8 heteroatoms. The molecule has 0 radical (unpaired) electrons. The van der Waals surface area contributed by atoms with Gasteiger partial charge in [-0.25, -0.2) is 8.42 Å². The van der Waals surface area contributed by atoms with Crippen molar-refractivity contribution in [2.24, 2.45) is 0 Å². The molecule has 0 spiro atoms. The number of carbonyl (C=O) groups excluding carboxylic acids is 2. The molecule has 192 valence electrons. The third-order valence-electron chi connectivity index (χ3n) is 6.17. The summed E-state index contributed by atoms with van der Waals surface area (Å²) in [7, 11) is -3.74.